The van der Waals surface area contributed by atoms with Crippen molar-refractivity contribution in [2.45, 2.75) is 38.3 Å². The fourth-order valence-corrected chi connectivity index (χ4v) is 3.13. The summed E-state index contributed by atoms with van der Waals surface area (Å²) in [4.78, 5) is 20.1. The Morgan fingerprint density at radius 3 is 2.90 bits per heavy atom. The van der Waals surface area contributed by atoms with E-state index in [4.69, 9.17) is 9.36 Å². The zero-order valence-corrected chi connectivity index (χ0v) is 11.7. The van der Waals surface area contributed by atoms with Gasteiger partial charge in [-0.2, -0.15) is 0 Å². The number of carbonyl (C=O) groups is 1. The van der Waals surface area contributed by atoms with E-state index < -0.39 is 0 Å². The monoisotopic (exact) mass is 277 g/mol. The Kier molecular flexibility index (Phi) is 2.65. The summed E-state index contributed by atoms with van der Waals surface area (Å²) in [6, 6.07) is 1.95. The van der Waals surface area contributed by atoms with Crippen molar-refractivity contribution in [3.63, 3.8) is 0 Å². The van der Waals surface area contributed by atoms with Crippen LogP contribution in [0.1, 0.15) is 30.7 Å². The molecule has 0 atom stereocenters. The molecule has 6 heteroatoms. The Morgan fingerprint density at radius 2 is 2.25 bits per heavy atom. The van der Waals surface area contributed by atoms with Crippen molar-refractivity contribution in [1.29, 1.82) is 0 Å². The lowest BCUT2D eigenvalue weighted by molar-refractivity contribution is -0.238. The number of likely N-dealkylation sites (tertiary alicyclic amines) is 1. The molecule has 0 unspecified atom stereocenters. The topological polar surface area (TPSA) is 58.8 Å². The molecule has 1 saturated carbocycles. The van der Waals surface area contributed by atoms with Crippen molar-refractivity contribution in [2.24, 2.45) is 5.92 Å². The van der Waals surface area contributed by atoms with E-state index in [0.717, 1.165) is 37.6 Å². The lowest BCUT2D eigenvalue weighted by Gasteiger charge is -2.45. The number of hydrogen-bond donors (Lipinski definition) is 0. The Bertz CT molecular complexity index is 532. The van der Waals surface area contributed by atoms with Crippen LogP contribution in [0, 0.1) is 12.8 Å². The standard InChI is InChI=1S/C14H19N3O3/c1-10-4-12(15-19-10)7-16-8-14(9-16)5-13(18)17(20-14)6-11-2-3-11/h4,11H,2-3,5-9H2,1H3. The molecule has 1 aromatic heterocycles. The average Bonchev–Trinajstić information content (AvgIpc) is 2.99. The first-order chi connectivity index (χ1) is 9.62. The van der Waals surface area contributed by atoms with Crippen molar-refractivity contribution in [3.05, 3.63) is 17.5 Å². The molecule has 2 aliphatic heterocycles. The Morgan fingerprint density at radius 1 is 1.45 bits per heavy atom. The molecule has 0 radical (unpaired) electrons. The van der Waals surface area contributed by atoms with Crippen molar-refractivity contribution in [2.75, 3.05) is 19.6 Å². The van der Waals surface area contributed by atoms with E-state index in [1.54, 1.807) is 5.06 Å². The average molecular weight is 277 g/mol. The lowest BCUT2D eigenvalue weighted by atomic mass is 9.91. The van der Waals surface area contributed by atoms with Crippen molar-refractivity contribution in [3.8, 4) is 0 Å². The normalized spacial score (nSPS) is 25.4. The molecule has 3 heterocycles. The van der Waals surface area contributed by atoms with Gasteiger partial charge >= 0.3 is 0 Å². The highest BCUT2D eigenvalue weighted by Gasteiger charge is 2.53. The van der Waals surface area contributed by atoms with Gasteiger partial charge in [-0.15, -0.1) is 0 Å². The Balaban J connectivity index is 1.32. The third kappa shape index (κ3) is 2.23. The molecule has 2 saturated heterocycles. The molecular formula is C14H19N3O3. The number of hydroxylamine groups is 2. The molecular weight excluding hydrogens is 258 g/mol. The van der Waals surface area contributed by atoms with Gasteiger partial charge in [0.2, 0.25) is 5.91 Å². The minimum Gasteiger partial charge on any atom is -0.361 e. The van der Waals surface area contributed by atoms with Crippen LogP contribution in [0.3, 0.4) is 0 Å². The van der Waals surface area contributed by atoms with E-state index in [9.17, 15) is 4.79 Å². The second-order valence-corrected chi connectivity index (χ2v) is 6.42. The van der Waals surface area contributed by atoms with Crippen LogP contribution in [0.5, 0.6) is 0 Å². The first-order valence-corrected chi connectivity index (χ1v) is 7.26. The maximum absolute atomic E-state index is 12.0. The maximum Gasteiger partial charge on any atom is 0.249 e. The number of hydrogen-bond acceptors (Lipinski definition) is 5. The second kappa shape index (κ2) is 4.30. The summed E-state index contributed by atoms with van der Waals surface area (Å²) in [5, 5.41) is 5.60. The molecule has 0 bridgehead atoms. The molecule has 4 rings (SSSR count). The van der Waals surface area contributed by atoms with Gasteiger partial charge in [-0.3, -0.25) is 14.5 Å². The Labute approximate surface area is 117 Å². The number of carbonyl (C=O) groups excluding carboxylic acids is 1. The van der Waals surface area contributed by atoms with Gasteiger partial charge in [0, 0.05) is 25.7 Å². The first-order valence-electron chi connectivity index (χ1n) is 7.26. The van der Waals surface area contributed by atoms with Crippen LogP contribution >= 0.6 is 0 Å². The number of amides is 1. The van der Waals surface area contributed by atoms with E-state index in [1.807, 2.05) is 13.0 Å². The summed E-state index contributed by atoms with van der Waals surface area (Å²) >= 11 is 0. The summed E-state index contributed by atoms with van der Waals surface area (Å²) in [6.07, 6.45) is 2.99. The van der Waals surface area contributed by atoms with E-state index in [0.29, 0.717) is 12.3 Å². The molecule has 0 N–H and O–H groups in total. The number of aryl methyl sites for hydroxylation is 1. The highest BCUT2D eigenvalue weighted by atomic mass is 16.7. The quantitative estimate of drug-likeness (QED) is 0.825. The highest BCUT2D eigenvalue weighted by Crippen LogP contribution is 2.39. The van der Waals surface area contributed by atoms with Gasteiger partial charge < -0.3 is 4.52 Å². The predicted octanol–water partition coefficient (Wildman–Crippen LogP) is 1.11. The van der Waals surface area contributed by atoms with Crippen LogP contribution in [-0.4, -0.2) is 46.3 Å². The van der Waals surface area contributed by atoms with Crippen molar-refractivity contribution < 1.29 is 14.2 Å². The third-order valence-corrected chi connectivity index (χ3v) is 4.26. The van der Waals surface area contributed by atoms with Crippen LogP contribution < -0.4 is 0 Å². The van der Waals surface area contributed by atoms with E-state index in [-0.39, 0.29) is 11.5 Å². The van der Waals surface area contributed by atoms with Crippen LogP contribution in [0.4, 0.5) is 0 Å². The van der Waals surface area contributed by atoms with Crippen molar-refractivity contribution >= 4 is 5.91 Å². The largest absolute Gasteiger partial charge is 0.361 e. The van der Waals surface area contributed by atoms with Gasteiger partial charge in [-0.25, -0.2) is 5.06 Å². The summed E-state index contributed by atoms with van der Waals surface area (Å²) in [5.41, 5.74) is 0.668. The molecule has 1 amide bonds. The van der Waals surface area contributed by atoms with Crippen LogP contribution in [0.2, 0.25) is 0 Å². The maximum atomic E-state index is 12.0. The number of nitrogens with zero attached hydrogens (tertiary/aromatic N) is 3. The van der Waals surface area contributed by atoms with Gasteiger partial charge in [-0.05, 0) is 25.7 Å². The number of aromatic nitrogens is 1. The molecule has 1 spiro atoms. The van der Waals surface area contributed by atoms with Crippen LogP contribution in [-0.2, 0) is 16.2 Å². The second-order valence-electron chi connectivity index (χ2n) is 6.42. The molecule has 1 aliphatic carbocycles. The molecule has 3 fully saturated rings. The zero-order chi connectivity index (χ0) is 13.7. The summed E-state index contributed by atoms with van der Waals surface area (Å²) in [5.74, 6) is 1.65. The van der Waals surface area contributed by atoms with Gasteiger partial charge in [0.25, 0.3) is 0 Å². The minimum atomic E-state index is -0.273. The SMILES string of the molecule is Cc1cc(CN2CC3(CC(=O)N(CC4CC4)O3)C2)no1. The summed E-state index contributed by atoms with van der Waals surface area (Å²) < 4.78 is 5.07. The first kappa shape index (κ1) is 12.3. The van der Waals surface area contributed by atoms with Gasteiger partial charge in [0.15, 0.2) is 0 Å². The molecule has 3 aliphatic rings. The molecule has 0 aromatic carbocycles. The fourth-order valence-electron chi connectivity index (χ4n) is 3.13. The fraction of sp³-hybridized carbons (Fsp3) is 0.714. The third-order valence-electron chi connectivity index (χ3n) is 4.26. The van der Waals surface area contributed by atoms with Crippen molar-refractivity contribution in [1.82, 2.24) is 15.1 Å². The molecule has 6 nitrogen and oxygen atoms in total. The number of rotatable bonds is 4. The molecule has 20 heavy (non-hydrogen) atoms. The van der Waals surface area contributed by atoms with Crippen LogP contribution in [0.25, 0.3) is 0 Å². The minimum absolute atomic E-state index is 0.147. The molecule has 108 valence electrons. The van der Waals surface area contributed by atoms with Crippen LogP contribution in [0.15, 0.2) is 10.6 Å². The zero-order valence-electron chi connectivity index (χ0n) is 11.7. The predicted molar refractivity (Wildman–Crippen MR) is 69.4 cm³/mol. The lowest BCUT2D eigenvalue weighted by Crippen LogP contribution is -2.61. The Hall–Kier alpha value is -1.40. The smallest absolute Gasteiger partial charge is 0.249 e. The molecule has 1 aromatic rings. The van der Waals surface area contributed by atoms with E-state index in [1.165, 1.54) is 12.8 Å². The van der Waals surface area contributed by atoms with Gasteiger partial charge in [-0.1, -0.05) is 5.16 Å². The summed E-state index contributed by atoms with van der Waals surface area (Å²) in [7, 11) is 0. The van der Waals surface area contributed by atoms with Gasteiger partial charge in [0.05, 0.1) is 18.7 Å². The van der Waals surface area contributed by atoms with Gasteiger partial charge in [0.1, 0.15) is 11.4 Å². The highest BCUT2D eigenvalue weighted by molar-refractivity contribution is 5.78. The van der Waals surface area contributed by atoms with E-state index in [2.05, 4.69) is 10.1 Å². The summed E-state index contributed by atoms with van der Waals surface area (Å²) in [6.45, 7) is 5.03. The van der Waals surface area contributed by atoms with E-state index >= 15 is 0 Å².